The van der Waals surface area contributed by atoms with Crippen LogP contribution in [0, 0.1) is 28.6 Å². The van der Waals surface area contributed by atoms with Crippen LogP contribution in [0.15, 0.2) is 23.8 Å². The molecule has 7 heteroatoms. The minimum absolute atomic E-state index is 0.0117. The Hall–Kier alpha value is -1.34. The quantitative estimate of drug-likeness (QED) is 0.418. The minimum atomic E-state index is -1.97. The Morgan fingerprint density at radius 1 is 1.30 bits per heavy atom. The number of hydrogen-bond donors (Lipinski definition) is 1. The normalized spacial score (nSPS) is 46.2. The second-order valence-electron chi connectivity index (χ2n) is 10.9. The van der Waals surface area contributed by atoms with Gasteiger partial charge in [-0.3, -0.25) is 14.4 Å². The van der Waals surface area contributed by atoms with Gasteiger partial charge in [-0.05, 0) is 57.1 Å². The van der Waals surface area contributed by atoms with Crippen molar-refractivity contribution in [1.29, 1.82) is 0 Å². The van der Waals surface area contributed by atoms with Crippen LogP contribution in [0.25, 0.3) is 0 Å². The molecular formula is C26H34BrFO5. The molecule has 0 bridgehead atoms. The number of hydrogen-bond acceptors (Lipinski definition) is 5. The van der Waals surface area contributed by atoms with Gasteiger partial charge < -0.3 is 9.84 Å². The summed E-state index contributed by atoms with van der Waals surface area (Å²) in [6.45, 7) is 7.46. The van der Waals surface area contributed by atoms with Gasteiger partial charge in [0.05, 0.1) is 11.4 Å². The zero-order valence-corrected chi connectivity index (χ0v) is 21.4. The van der Waals surface area contributed by atoms with Crippen LogP contribution in [-0.2, 0) is 19.1 Å². The van der Waals surface area contributed by atoms with Gasteiger partial charge in [0, 0.05) is 29.1 Å². The molecule has 0 amide bonds. The van der Waals surface area contributed by atoms with Crippen LogP contribution in [0.2, 0.25) is 0 Å². The largest absolute Gasteiger partial charge is 0.450 e. The zero-order chi connectivity index (χ0) is 24.4. The second kappa shape index (κ2) is 8.11. The van der Waals surface area contributed by atoms with Crippen molar-refractivity contribution in [2.24, 2.45) is 28.6 Å². The Morgan fingerprint density at radius 3 is 2.64 bits per heavy atom. The molecule has 8 atom stereocenters. The first-order chi connectivity index (χ1) is 15.4. The summed E-state index contributed by atoms with van der Waals surface area (Å²) in [6, 6.07) is 0. The number of Topliss-reactive ketones (excluding diaryl/α,β-unsaturated/α-hetero) is 1. The van der Waals surface area contributed by atoms with Gasteiger partial charge >= 0.3 is 5.97 Å². The van der Waals surface area contributed by atoms with Crippen LogP contribution in [-0.4, -0.2) is 45.3 Å². The van der Waals surface area contributed by atoms with Crippen LogP contribution in [0.4, 0.5) is 4.39 Å². The Morgan fingerprint density at radius 2 is 2.00 bits per heavy atom. The van der Waals surface area contributed by atoms with Crippen molar-refractivity contribution in [3.63, 3.8) is 0 Å². The molecule has 4 aliphatic rings. The van der Waals surface area contributed by atoms with E-state index in [9.17, 15) is 19.5 Å². The number of aliphatic hydroxyl groups is 1. The Kier molecular flexibility index (Phi) is 6.09. The van der Waals surface area contributed by atoms with Crippen LogP contribution in [0.3, 0.4) is 0 Å². The molecule has 0 aromatic heterocycles. The van der Waals surface area contributed by atoms with Gasteiger partial charge in [0.25, 0.3) is 0 Å². The van der Waals surface area contributed by atoms with Gasteiger partial charge in [0.2, 0.25) is 0 Å². The Labute approximate surface area is 203 Å². The predicted molar refractivity (Wildman–Crippen MR) is 125 cm³/mol. The van der Waals surface area contributed by atoms with Gasteiger partial charge in [-0.15, -0.1) is 0 Å². The molecule has 182 valence electrons. The Bertz CT molecular complexity index is 945. The van der Waals surface area contributed by atoms with Gasteiger partial charge in [0.15, 0.2) is 22.8 Å². The molecule has 0 saturated heterocycles. The fourth-order valence-electron chi connectivity index (χ4n) is 7.93. The highest BCUT2D eigenvalue weighted by atomic mass is 79.9. The first-order valence-corrected chi connectivity index (χ1v) is 13.2. The molecule has 2 unspecified atom stereocenters. The van der Waals surface area contributed by atoms with E-state index in [-0.39, 0.29) is 41.6 Å². The van der Waals surface area contributed by atoms with E-state index in [0.29, 0.717) is 25.7 Å². The number of esters is 1. The summed E-state index contributed by atoms with van der Waals surface area (Å²) in [7, 11) is 0. The number of fused-ring (bicyclic) bond motifs is 5. The molecule has 1 N–H and O–H groups in total. The molecule has 0 aliphatic heterocycles. The molecule has 33 heavy (non-hydrogen) atoms. The van der Waals surface area contributed by atoms with Crippen molar-refractivity contribution in [3.8, 4) is 0 Å². The third-order valence-corrected chi connectivity index (χ3v) is 9.95. The lowest BCUT2D eigenvalue weighted by atomic mass is 9.44. The first-order valence-electron chi connectivity index (χ1n) is 12.0. The van der Waals surface area contributed by atoms with E-state index >= 15 is 4.39 Å². The number of alkyl halides is 2. The number of ether oxygens (including phenoxy) is 1. The SMILES string of the molecule is CCCC(=O)O[C@]1(C(=O)CBr)C(C)C[C@H]2[C@@H]3CCC4=CC(=O)C=C[C@]4(C)[C@@]3(F)C(O)C[C@@]21C. The predicted octanol–water partition coefficient (Wildman–Crippen LogP) is 4.65. The van der Waals surface area contributed by atoms with Crippen LogP contribution < -0.4 is 0 Å². The maximum absolute atomic E-state index is 17.3. The fraction of sp³-hybridized carbons (Fsp3) is 0.731. The molecule has 4 rings (SSSR count). The molecule has 0 heterocycles. The molecule has 0 radical (unpaired) electrons. The topological polar surface area (TPSA) is 80.7 Å². The second-order valence-corrected chi connectivity index (χ2v) is 11.5. The van der Waals surface area contributed by atoms with Gasteiger partial charge in [-0.25, -0.2) is 4.39 Å². The van der Waals surface area contributed by atoms with Crippen molar-refractivity contribution < 1.29 is 28.6 Å². The minimum Gasteiger partial charge on any atom is -0.450 e. The molecule has 3 saturated carbocycles. The molecule has 4 aliphatic carbocycles. The molecule has 3 fully saturated rings. The van der Waals surface area contributed by atoms with Gasteiger partial charge in [-0.2, -0.15) is 0 Å². The Balaban J connectivity index is 1.83. The van der Waals surface area contributed by atoms with E-state index in [1.54, 1.807) is 13.0 Å². The lowest BCUT2D eigenvalue weighted by Gasteiger charge is -2.62. The summed E-state index contributed by atoms with van der Waals surface area (Å²) in [4.78, 5) is 38.2. The standard InChI is InChI=1S/C26H34BrFO5/c1-5-6-22(32)33-26(21(31)14-27)15(2)11-19-18-8-7-16-12-17(29)9-10-23(16,3)25(18,28)20(30)13-24(19,26)4/h9-10,12,15,18-20,30H,5-8,11,13-14H2,1-4H3/t15?,18-,19-,20?,23-,24-,25-,26-/m0/s1. The number of carbonyl (C=O) groups excluding carboxylic acids is 3. The number of rotatable bonds is 5. The number of allylic oxidation sites excluding steroid dienone is 4. The molecule has 0 aromatic carbocycles. The average molecular weight is 525 g/mol. The average Bonchev–Trinajstić information content (AvgIpc) is 2.97. The molecular weight excluding hydrogens is 491 g/mol. The third-order valence-electron chi connectivity index (χ3n) is 9.45. The zero-order valence-electron chi connectivity index (χ0n) is 19.8. The van der Waals surface area contributed by atoms with Crippen molar-refractivity contribution >= 4 is 33.5 Å². The van der Waals surface area contributed by atoms with Crippen molar-refractivity contribution in [1.82, 2.24) is 0 Å². The lowest BCUT2D eigenvalue weighted by Crippen LogP contribution is -2.70. The van der Waals surface area contributed by atoms with Crippen molar-refractivity contribution in [2.75, 3.05) is 5.33 Å². The molecule has 0 spiro atoms. The lowest BCUT2D eigenvalue weighted by molar-refractivity contribution is -0.227. The third kappa shape index (κ3) is 3.06. The van der Waals surface area contributed by atoms with E-state index in [4.69, 9.17) is 4.74 Å². The first kappa shape index (κ1) is 24.8. The van der Waals surface area contributed by atoms with E-state index in [1.807, 2.05) is 20.8 Å². The summed E-state index contributed by atoms with van der Waals surface area (Å²) in [5.41, 5.74) is -4.65. The van der Waals surface area contributed by atoms with Crippen LogP contribution in [0.1, 0.15) is 66.2 Å². The van der Waals surface area contributed by atoms with E-state index in [1.165, 1.54) is 12.2 Å². The summed E-state index contributed by atoms with van der Waals surface area (Å²) < 4.78 is 23.3. The van der Waals surface area contributed by atoms with E-state index in [2.05, 4.69) is 15.9 Å². The van der Waals surface area contributed by atoms with Crippen LogP contribution in [0.5, 0.6) is 0 Å². The van der Waals surface area contributed by atoms with Crippen molar-refractivity contribution in [3.05, 3.63) is 23.8 Å². The molecule has 0 aromatic rings. The van der Waals surface area contributed by atoms with E-state index < -0.39 is 40.1 Å². The summed E-state index contributed by atoms with van der Waals surface area (Å²) >= 11 is 3.29. The highest BCUT2D eigenvalue weighted by Gasteiger charge is 2.77. The monoisotopic (exact) mass is 524 g/mol. The van der Waals surface area contributed by atoms with Crippen LogP contribution >= 0.6 is 15.9 Å². The van der Waals surface area contributed by atoms with E-state index in [0.717, 1.165) is 5.57 Å². The summed E-state index contributed by atoms with van der Waals surface area (Å²) in [6.07, 6.45) is 5.56. The highest BCUT2D eigenvalue weighted by Crippen LogP contribution is 2.71. The number of halogens is 2. The number of ketones is 2. The van der Waals surface area contributed by atoms with Gasteiger partial charge in [0.1, 0.15) is 0 Å². The maximum atomic E-state index is 17.3. The fourth-order valence-corrected chi connectivity index (χ4v) is 8.35. The highest BCUT2D eigenvalue weighted by molar-refractivity contribution is 9.09. The molecule has 5 nitrogen and oxygen atoms in total. The maximum Gasteiger partial charge on any atom is 0.306 e. The summed E-state index contributed by atoms with van der Waals surface area (Å²) in [5, 5.41) is 11.5. The smallest absolute Gasteiger partial charge is 0.306 e. The number of carbonyl (C=O) groups is 3. The number of aliphatic hydroxyl groups excluding tert-OH is 1. The summed E-state index contributed by atoms with van der Waals surface area (Å²) in [5.74, 6) is -1.89. The van der Waals surface area contributed by atoms with Gasteiger partial charge in [-0.1, -0.05) is 48.4 Å². The van der Waals surface area contributed by atoms with Crippen molar-refractivity contribution in [2.45, 2.75) is 83.6 Å².